The Morgan fingerprint density at radius 2 is 2.45 bits per heavy atom. The third kappa shape index (κ3) is 1.44. The molecule has 3 heteroatoms. The lowest BCUT2D eigenvalue weighted by Crippen LogP contribution is -2.04. The molecule has 2 N–H and O–H groups in total. The van der Waals surface area contributed by atoms with E-state index in [2.05, 4.69) is 10.4 Å². The quantitative estimate of drug-likeness (QED) is 0.734. The second-order valence-corrected chi connectivity index (χ2v) is 4.06. The molecule has 0 amide bonds. The summed E-state index contributed by atoms with van der Waals surface area (Å²) in [5.41, 5.74) is 6.74. The minimum absolute atomic E-state index is 0.0961. The lowest BCUT2D eigenvalue weighted by molar-refractivity contribution is 0.782. The molecule has 0 aliphatic heterocycles. The molecule has 1 aliphatic rings. The van der Waals surface area contributed by atoms with E-state index >= 15 is 0 Å². The van der Waals surface area contributed by atoms with Crippen LogP contribution in [0.2, 0.25) is 0 Å². The maximum absolute atomic E-state index is 5.69. The Hall–Kier alpha value is -0.410. The molecule has 2 nitrogen and oxygen atoms in total. The first-order valence-electron chi connectivity index (χ1n) is 3.98. The molecule has 1 atom stereocenters. The highest BCUT2D eigenvalue weighted by molar-refractivity contribution is 7.09. The number of thiazole rings is 1. The lowest BCUT2D eigenvalue weighted by atomic mass is 10.3. The normalized spacial score (nSPS) is 20.2. The minimum Gasteiger partial charge on any atom is -0.323 e. The third-order valence-electron chi connectivity index (χ3n) is 1.93. The van der Waals surface area contributed by atoms with Gasteiger partial charge >= 0.3 is 0 Å². The van der Waals surface area contributed by atoms with Crippen LogP contribution in [0.1, 0.15) is 42.4 Å². The molecular weight excluding hydrogens is 156 g/mol. The Morgan fingerprint density at radius 1 is 1.73 bits per heavy atom. The Balaban J connectivity index is 2.18. The molecule has 0 saturated heterocycles. The third-order valence-corrected chi connectivity index (χ3v) is 2.96. The SMILES string of the molecule is C[C@H](N)c1csc(C2CC2)n1. The van der Waals surface area contributed by atoms with E-state index in [4.69, 9.17) is 5.73 Å². The zero-order chi connectivity index (χ0) is 7.84. The average molecular weight is 168 g/mol. The van der Waals surface area contributed by atoms with E-state index in [1.165, 1.54) is 17.8 Å². The second-order valence-electron chi connectivity index (χ2n) is 3.17. The van der Waals surface area contributed by atoms with Crippen LogP contribution in [0.5, 0.6) is 0 Å². The van der Waals surface area contributed by atoms with Crippen molar-refractivity contribution in [1.82, 2.24) is 4.98 Å². The van der Waals surface area contributed by atoms with Crippen LogP contribution in [-0.2, 0) is 0 Å². The van der Waals surface area contributed by atoms with E-state index in [0.717, 1.165) is 11.6 Å². The fraction of sp³-hybridized carbons (Fsp3) is 0.625. The number of nitrogens with two attached hydrogens (primary N) is 1. The van der Waals surface area contributed by atoms with Gasteiger partial charge < -0.3 is 5.73 Å². The van der Waals surface area contributed by atoms with E-state index in [1.54, 1.807) is 11.3 Å². The van der Waals surface area contributed by atoms with Gasteiger partial charge in [-0.05, 0) is 19.8 Å². The van der Waals surface area contributed by atoms with Crippen LogP contribution in [0.25, 0.3) is 0 Å². The summed E-state index contributed by atoms with van der Waals surface area (Å²) in [4.78, 5) is 4.47. The number of hydrogen-bond donors (Lipinski definition) is 1. The second kappa shape index (κ2) is 2.57. The van der Waals surface area contributed by atoms with Crippen LogP contribution in [0.4, 0.5) is 0 Å². The van der Waals surface area contributed by atoms with Crippen molar-refractivity contribution in [2.75, 3.05) is 0 Å². The van der Waals surface area contributed by atoms with Gasteiger partial charge in [0, 0.05) is 17.3 Å². The van der Waals surface area contributed by atoms with Crippen molar-refractivity contribution in [3.63, 3.8) is 0 Å². The summed E-state index contributed by atoms with van der Waals surface area (Å²) in [6, 6.07) is 0.0961. The smallest absolute Gasteiger partial charge is 0.0959 e. The summed E-state index contributed by atoms with van der Waals surface area (Å²) in [6.07, 6.45) is 2.65. The highest BCUT2D eigenvalue weighted by Gasteiger charge is 2.26. The Morgan fingerprint density at radius 3 is 2.91 bits per heavy atom. The van der Waals surface area contributed by atoms with Crippen LogP contribution in [0, 0.1) is 0 Å². The molecule has 0 radical (unpaired) electrons. The molecule has 11 heavy (non-hydrogen) atoms. The van der Waals surface area contributed by atoms with Gasteiger partial charge in [-0.3, -0.25) is 0 Å². The molecule has 1 saturated carbocycles. The molecule has 1 aliphatic carbocycles. The van der Waals surface area contributed by atoms with Crippen molar-refractivity contribution in [1.29, 1.82) is 0 Å². The highest BCUT2D eigenvalue weighted by atomic mass is 32.1. The van der Waals surface area contributed by atoms with Crippen molar-refractivity contribution in [2.24, 2.45) is 5.73 Å². The Bertz CT molecular complexity index is 234. The summed E-state index contributed by atoms with van der Waals surface area (Å²) in [6.45, 7) is 1.98. The predicted octanol–water partition coefficient (Wildman–Crippen LogP) is 2.04. The maximum atomic E-state index is 5.69. The summed E-state index contributed by atoms with van der Waals surface area (Å²) >= 11 is 1.76. The lowest BCUT2D eigenvalue weighted by Gasteiger charge is -1.96. The van der Waals surface area contributed by atoms with Gasteiger partial charge in [0.2, 0.25) is 0 Å². The van der Waals surface area contributed by atoms with Crippen LogP contribution >= 0.6 is 11.3 Å². The van der Waals surface area contributed by atoms with Crippen molar-refractivity contribution in [3.8, 4) is 0 Å². The fourth-order valence-electron chi connectivity index (χ4n) is 1.03. The zero-order valence-electron chi connectivity index (χ0n) is 6.58. The minimum atomic E-state index is 0.0961. The van der Waals surface area contributed by atoms with Crippen LogP contribution in [0.15, 0.2) is 5.38 Å². The molecule has 60 valence electrons. The summed E-state index contributed by atoms with van der Waals surface area (Å²) in [5.74, 6) is 0.771. The van der Waals surface area contributed by atoms with E-state index in [-0.39, 0.29) is 6.04 Å². The van der Waals surface area contributed by atoms with Crippen LogP contribution < -0.4 is 5.73 Å². The van der Waals surface area contributed by atoms with Crippen molar-refractivity contribution < 1.29 is 0 Å². The standard InChI is InChI=1S/C8H12N2S/c1-5(9)7-4-11-8(10-7)6-2-3-6/h4-6H,2-3,9H2,1H3/t5-/m0/s1. The van der Waals surface area contributed by atoms with Gasteiger partial charge in [0.1, 0.15) is 0 Å². The largest absolute Gasteiger partial charge is 0.323 e. The van der Waals surface area contributed by atoms with Gasteiger partial charge in [-0.2, -0.15) is 0 Å². The molecule has 1 aromatic heterocycles. The molecule has 0 bridgehead atoms. The first-order chi connectivity index (χ1) is 5.27. The van der Waals surface area contributed by atoms with E-state index in [1.807, 2.05) is 6.92 Å². The van der Waals surface area contributed by atoms with Gasteiger partial charge in [0.25, 0.3) is 0 Å². The molecule has 0 aromatic carbocycles. The van der Waals surface area contributed by atoms with Gasteiger partial charge in [-0.25, -0.2) is 4.98 Å². The predicted molar refractivity (Wildman–Crippen MR) is 46.7 cm³/mol. The van der Waals surface area contributed by atoms with Gasteiger partial charge in [-0.1, -0.05) is 0 Å². The van der Waals surface area contributed by atoms with Gasteiger partial charge in [0.05, 0.1) is 10.7 Å². The molecule has 1 aromatic rings. The maximum Gasteiger partial charge on any atom is 0.0959 e. The first kappa shape index (κ1) is 7.25. The number of nitrogens with zero attached hydrogens (tertiary/aromatic N) is 1. The number of rotatable bonds is 2. The van der Waals surface area contributed by atoms with E-state index < -0.39 is 0 Å². The monoisotopic (exact) mass is 168 g/mol. The first-order valence-corrected chi connectivity index (χ1v) is 4.86. The average Bonchev–Trinajstić information content (AvgIpc) is 2.68. The molecule has 0 spiro atoms. The highest BCUT2D eigenvalue weighted by Crippen LogP contribution is 2.41. The van der Waals surface area contributed by atoms with Crippen molar-refractivity contribution >= 4 is 11.3 Å². The van der Waals surface area contributed by atoms with E-state index in [9.17, 15) is 0 Å². The number of hydrogen-bond acceptors (Lipinski definition) is 3. The Labute approximate surface area is 70.5 Å². The van der Waals surface area contributed by atoms with Crippen LogP contribution in [-0.4, -0.2) is 4.98 Å². The summed E-state index contributed by atoms with van der Waals surface area (Å²) in [5, 5.41) is 3.37. The summed E-state index contributed by atoms with van der Waals surface area (Å²) in [7, 11) is 0. The molecule has 1 heterocycles. The van der Waals surface area contributed by atoms with E-state index in [0.29, 0.717) is 0 Å². The topological polar surface area (TPSA) is 38.9 Å². The van der Waals surface area contributed by atoms with Gasteiger partial charge in [0.15, 0.2) is 0 Å². The van der Waals surface area contributed by atoms with Crippen molar-refractivity contribution in [3.05, 3.63) is 16.1 Å². The Kier molecular flexibility index (Phi) is 1.69. The fourth-order valence-corrected chi connectivity index (χ4v) is 2.12. The van der Waals surface area contributed by atoms with Crippen molar-refractivity contribution in [2.45, 2.75) is 31.7 Å². The molecule has 2 rings (SSSR count). The van der Waals surface area contributed by atoms with Gasteiger partial charge in [-0.15, -0.1) is 11.3 Å². The molecule has 1 fully saturated rings. The number of aromatic nitrogens is 1. The molecular formula is C8H12N2S. The molecule has 0 unspecified atom stereocenters. The summed E-state index contributed by atoms with van der Waals surface area (Å²) < 4.78 is 0. The van der Waals surface area contributed by atoms with Crippen LogP contribution in [0.3, 0.4) is 0 Å². The zero-order valence-corrected chi connectivity index (χ0v) is 7.40.